The normalized spacial score (nSPS) is 23.6. The van der Waals surface area contributed by atoms with Gasteiger partial charge in [0.25, 0.3) is 0 Å². The fourth-order valence-corrected chi connectivity index (χ4v) is 7.17. The number of nitrogens with one attached hydrogen (secondary N) is 1. The summed E-state index contributed by atoms with van der Waals surface area (Å²) in [7, 11) is 0. The first kappa shape index (κ1) is 28.5. The number of aryl methyl sites for hydroxylation is 1. The quantitative estimate of drug-likeness (QED) is 0.383. The maximum absolute atomic E-state index is 8.57. The van der Waals surface area contributed by atoms with Crippen LogP contribution >= 0.6 is 11.8 Å². The van der Waals surface area contributed by atoms with Gasteiger partial charge in [0.15, 0.2) is 0 Å². The predicted octanol–water partition coefficient (Wildman–Crippen LogP) is 7.34. The molecule has 0 amide bonds. The van der Waals surface area contributed by atoms with Gasteiger partial charge in [0.2, 0.25) is 0 Å². The van der Waals surface area contributed by atoms with E-state index in [0.29, 0.717) is 17.2 Å². The van der Waals surface area contributed by atoms with E-state index in [1.54, 1.807) is 11.1 Å². The van der Waals surface area contributed by atoms with E-state index < -0.39 is 0 Å². The number of hydrogen-bond acceptors (Lipinski definition) is 4. The Kier molecular flexibility index (Phi) is 11.6. The lowest BCUT2D eigenvalue weighted by Gasteiger charge is -2.42. The summed E-state index contributed by atoms with van der Waals surface area (Å²) >= 11 is 2.11. The van der Waals surface area contributed by atoms with Crippen LogP contribution in [0.3, 0.4) is 0 Å². The summed E-state index contributed by atoms with van der Waals surface area (Å²) in [5.74, 6) is 0.910. The minimum absolute atomic E-state index is 0.487. The van der Waals surface area contributed by atoms with Gasteiger partial charge in [-0.15, -0.1) is 11.8 Å². The van der Waals surface area contributed by atoms with Crippen molar-refractivity contribution in [3.8, 4) is 6.07 Å². The second-order valence-electron chi connectivity index (χ2n) is 9.59. The van der Waals surface area contributed by atoms with Crippen LogP contribution in [-0.2, 0) is 19.3 Å². The number of nitrogens with zero attached hydrogens (tertiary/aromatic N) is 2. The van der Waals surface area contributed by atoms with Gasteiger partial charge in [0, 0.05) is 17.7 Å². The number of thioether (sulfide) groups is 1. The molecule has 3 atom stereocenters. The molecule has 0 radical (unpaired) electrons. The standard InChI is InChI=1S/C17H21NS.C13H18N2.C2H6/c1-2-18-10-9-13-6-3-4-8-15(13)16(18)17-12-14(17)7-5-11-19-17;1-2-15-11-9-13-7-4-3-6-12(13)8-5-10-14;1-2/h3-6,8,11,14,16H,2,7,9-10,12H2,1H3;3-4,6-7,15H,2,5,8-9,11H2,1H3;1-2H3. The highest BCUT2D eigenvalue weighted by molar-refractivity contribution is 8.03. The number of likely N-dealkylation sites (N-methyl/N-ethyl adjacent to an activating group) is 2. The lowest BCUT2D eigenvalue weighted by atomic mass is 9.88. The average molecular weight is 504 g/mol. The Morgan fingerprint density at radius 2 is 1.78 bits per heavy atom. The third-order valence-corrected chi connectivity index (χ3v) is 9.09. The van der Waals surface area contributed by atoms with Gasteiger partial charge in [-0.05, 0) is 85.3 Å². The van der Waals surface area contributed by atoms with Crippen molar-refractivity contribution >= 4 is 11.8 Å². The second kappa shape index (κ2) is 14.6. The molecule has 2 aromatic carbocycles. The summed E-state index contributed by atoms with van der Waals surface area (Å²) in [6.45, 7) is 12.9. The van der Waals surface area contributed by atoms with Crippen LogP contribution in [0.5, 0.6) is 0 Å². The monoisotopic (exact) mass is 503 g/mol. The number of hydrogen-bond donors (Lipinski definition) is 1. The van der Waals surface area contributed by atoms with E-state index in [4.69, 9.17) is 5.26 Å². The van der Waals surface area contributed by atoms with E-state index in [9.17, 15) is 0 Å². The first-order valence-electron chi connectivity index (χ1n) is 14.0. The van der Waals surface area contributed by atoms with Crippen molar-refractivity contribution in [2.24, 2.45) is 5.92 Å². The van der Waals surface area contributed by atoms with E-state index >= 15 is 0 Å². The first-order valence-corrected chi connectivity index (χ1v) is 14.9. The van der Waals surface area contributed by atoms with Crippen molar-refractivity contribution in [1.82, 2.24) is 10.2 Å². The molecule has 0 saturated heterocycles. The molecular weight excluding hydrogens is 458 g/mol. The molecule has 4 heteroatoms. The average Bonchev–Trinajstić information content (AvgIpc) is 3.69. The van der Waals surface area contributed by atoms with Crippen LogP contribution in [0.1, 0.15) is 75.3 Å². The van der Waals surface area contributed by atoms with Gasteiger partial charge in [0.1, 0.15) is 0 Å². The molecular formula is C32H45N3S. The van der Waals surface area contributed by atoms with Crippen molar-refractivity contribution in [3.05, 3.63) is 82.3 Å². The Labute approximate surface area is 224 Å². The van der Waals surface area contributed by atoms with E-state index in [1.165, 1.54) is 43.5 Å². The lowest BCUT2D eigenvalue weighted by Crippen LogP contribution is -2.42. The van der Waals surface area contributed by atoms with Crippen molar-refractivity contribution < 1.29 is 0 Å². The Bertz CT molecular complexity index is 1010. The number of rotatable bonds is 8. The van der Waals surface area contributed by atoms with Gasteiger partial charge >= 0.3 is 0 Å². The molecule has 2 aliphatic heterocycles. The maximum Gasteiger partial charge on any atom is 0.0625 e. The van der Waals surface area contributed by atoms with E-state index in [2.05, 4.69) is 95.8 Å². The van der Waals surface area contributed by atoms with Crippen molar-refractivity contribution in [3.63, 3.8) is 0 Å². The smallest absolute Gasteiger partial charge is 0.0625 e. The van der Waals surface area contributed by atoms with Gasteiger partial charge in [0.05, 0.1) is 12.1 Å². The number of fused-ring (bicyclic) bond motifs is 2. The van der Waals surface area contributed by atoms with Crippen molar-refractivity contribution in [2.45, 2.75) is 77.0 Å². The minimum atomic E-state index is 0.487. The zero-order chi connectivity index (χ0) is 25.8. The lowest BCUT2D eigenvalue weighted by molar-refractivity contribution is 0.180. The van der Waals surface area contributed by atoms with Crippen LogP contribution in [0.4, 0.5) is 0 Å². The van der Waals surface area contributed by atoms with Gasteiger partial charge in [-0.3, -0.25) is 4.90 Å². The van der Waals surface area contributed by atoms with Gasteiger partial charge < -0.3 is 5.32 Å². The molecule has 3 aliphatic rings. The molecule has 0 spiro atoms. The maximum atomic E-state index is 8.57. The molecule has 3 nitrogen and oxygen atoms in total. The predicted molar refractivity (Wildman–Crippen MR) is 156 cm³/mol. The fourth-order valence-electron chi connectivity index (χ4n) is 5.71. The Hall–Kier alpha value is -2.06. The summed E-state index contributed by atoms with van der Waals surface area (Å²) in [5, 5.41) is 14.2. The van der Waals surface area contributed by atoms with Crippen LogP contribution in [-0.4, -0.2) is 35.8 Å². The fraction of sp³-hybridized carbons (Fsp3) is 0.531. The van der Waals surface area contributed by atoms with Crippen LogP contribution in [0.25, 0.3) is 0 Å². The SMILES string of the molecule is CC.CCN1CCc2ccccc2C1C12CC1CC=CS2.CCNCCc1ccccc1CCC#N. The van der Waals surface area contributed by atoms with Crippen molar-refractivity contribution in [1.29, 1.82) is 5.26 Å². The molecule has 3 unspecified atom stereocenters. The molecule has 2 heterocycles. The van der Waals surface area contributed by atoms with Crippen molar-refractivity contribution in [2.75, 3.05) is 26.2 Å². The Morgan fingerprint density at radius 1 is 1.06 bits per heavy atom. The zero-order valence-electron chi connectivity index (χ0n) is 22.8. The first-order chi connectivity index (χ1) is 17.7. The molecule has 2 aromatic rings. The third kappa shape index (κ3) is 6.82. The van der Waals surface area contributed by atoms with Crippen LogP contribution in [0.15, 0.2) is 60.0 Å². The van der Waals surface area contributed by atoms with E-state index in [-0.39, 0.29) is 0 Å². The molecule has 36 heavy (non-hydrogen) atoms. The van der Waals surface area contributed by atoms with Gasteiger partial charge in [-0.1, -0.05) is 82.3 Å². The van der Waals surface area contributed by atoms with Gasteiger partial charge in [-0.2, -0.15) is 5.26 Å². The highest BCUT2D eigenvalue weighted by Crippen LogP contribution is 2.67. The molecule has 1 N–H and O–H groups in total. The third-order valence-electron chi connectivity index (χ3n) is 7.60. The molecule has 0 bridgehead atoms. The Morgan fingerprint density at radius 3 is 2.47 bits per heavy atom. The highest BCUT2D eigenvalue weighted by atomic mass is 32.2. The van der Waals surface area contributed by atoms with Crippen LogP contribution in [0.2, 0.25) is 0 Å². The summed E-state index contributed by atoms with van der Waals surface area (Å²) in [4.78, 5) is 2.72. The van der Waals surface area contributed by atoms with Crippen LogP contribution < -0.4 is 5.32 Å². The summed E-state index contributed by atoms with van der Waals surface area (Å²) in [6, 6.07) is 20.4. The minimum Gasteiger partial charge on any atom is -0.317 e. The highest BCUT2D eigenvalue weighted by Gasteiger charge is 2.61. The molecule has 194 valence electrons. The number of benzene rings is 2. The Balaban J connectivity index is 0.000000194. The largest absolute Gasteiger partial charge is 0.317 e. The molecule has 1 fully saturated rings. The zero-order valence-corrected chi connectivity index (χ0v) is 23.6. The number of nitriles is 1. The summed E-state index contributed by atoms with van der Waals surface area (Å²) in [6.07, 6.45) is 8.82. The molecule has 1 aliphatic carbocycles. The van der Waals surface area contributed by atoms with Gasteiger partial charge in [-0.25, -0.2) is 0 Å². The summed E-state index contributed by atoms with van der Waals surface area (Å²) in [5.41, 5.74) is 5.89. The number of allylic oxidation sites excluding steroid dienone is 1. The molecule has 0 aromatic heterocycles. The summed E-state index contributed by atoms with van der Waals surface area (Å²) < 4.78 is 0.487. The van der Waals surface area contributed by atoms with E-state index in [1.807, 2.05) is 19.9 Å². The molecule has 5 rings (SSSR count). The second-order valence-corrected chi connectivity index (χ2v) is 10.9. The topological polar surface area (TPSA) is 39.1 Å². The van der Waals surface area contributed by atoms with Crippen LogP contribution in [0, 0.1) is 17.2 Å². The van der Waals surface area contributed by atoms with E-state index in [0.717, 1.165) is 31.8 Å². The molecule has 1 saturated carbocycles.